The van der Waals surface area contributed by atoms with Crippen molar-refractivity contribution in [1.29, 1.82) is 0 Å². The molecule has 0 radical (unpaired) electrons. The first-order valence-electron chi connectivity index (χ1n) is 8.68. The van der Waals surface area contributed by atoms with Gasteiger partial charge in [-0.25, -0.2) is 4.98 Å². The Hall–Kier alpha value is -3.08. The first kappa shape index (κ1) is 17.7. The first-order chi connectivity index (χ1) is 12.5. The fourth-order valence-electron chi connectivity index (χ4n) is 2.72. The molecule has 0 aliphatic rings. The van der Waals surface area contributed by atoms with Crippen molar-refractivity contribution >= 4 is 11.5 Å². The highest BCUT2D eigenvalue weighted by molar-refractivity contribution is 5.68. The highest BCUT2D eigenvalue weighted by Gasteiger charge is 2.14. The second-order valence-electron chi connectivity index (χ2n) is 6.58. The van der Waals surface area contributed by atoms with Crippen molar-refractivity contribution in [1.82, 2.24) is 9.97 Å². The molecule has 0 aliphatic heterocycles. The third-order valence-electron chi connectivity index (χ3n) is 4.21. The van der Waals surface area contributed by atoms with E-state index in [1.54, 1.807) is 0 Å². The number of hydrogen-bond donors (Lipinski definition) is 1. The molecule has 0 aliphatic carbocycles. The largest absolute Gasteiger partial charge is 0.437 e. The van der Waals surface area contributed by atoms with Crippen LogP contribution >= 0.6 is 0 Å². The van der Waals surface area contributed by atoms with Crippen molar-refractivity contribution in [2.24, 2.45) is 0 Å². The minimum absolute atomic E-state index is 0.368. The molecule has 0 fully saturated rings. The zero-order valence-electron chi connectivity index (χ0n) is 15.4. The summed E-state index contributed by atoms with van der Waals surface area (Å²) in [6.07, 6.45) is 1.48. The Morgan fingerprint density at radius 1 is 1.00 bits per heavy atom. The minimum atomic E-state index is 0.368. The lowest BCUT2D eigenvalue weighted by molar-refractivity contribution is 0.464. The lowest BCUT2D eigenvalue weighted by Gasteiger charge is -2.20. The van der Waals surface area contributed by atoms with Crippen LogP contribution in [0.25, 0.3) is 0 Å². The summed E-state index contributed by atoms with van der Waals surface area (Å²) >= 11 is 0. The number of nitrogens with zero attached hydrogens (tertiary/aromatic N) is 3. The molecule has 0 saturated carbocycles. The zero-order chi connectivity index (χ0) is 18.5. The molecular weight excluding hydrogens is 324 g/mol. The van der Waals surface area contributed by atoms with Crippen molar-refractivity contribution < 1.29 is 4.74 Å². The number of nitrogen functional groups attached to an aromatic ring is 1. The van der Waals surface area contributed by atoms with Crippen molar-refractivity contribution in [2.45, 2.75) is 26.3 Å². The van der Waals surface area contributed by atoms with Crippen molar-refractivity contribution in [3.63, 3.8) is 0 Å². The zero-order valence-corrected chi connectivity index (χ0v) is 15.4. The normalized spacial score (nSPS) is 10.8. The molecule has 0 atom stereocenters. The molecule has 2 N–H and O–H groups in total. The summed E-state index contributed by atoms with van der Waals surface area (Å²) in [4.78, 5) is 10.5. The topological polar surface area (TPSA) is 64.3 Å². The van der Waals surface area contributed by atoms with Crippen LogP contribution in [-0.2, 0) is 6.54 Å². The molecule has 0 bridgehead atoms. The Labute approximate surface area is 154 Å². The van der Waals surface area contributed by atoms with Crippen LogP contribution in [0, 0.1) is 0 Å². The number of ether oxygens (including phenoxy) is 1. The summed E-state index contributed by atoms with van der Waals surface area (Å²) in [6, 6.07) is 18.2. The fraction of sp³-hybridized carbons (Fsp3) is 0.238. The maximum Gasteiger partial charge on any atom is 0.248 e. The average Bonchev–Trinajstić information content (AvgIpc) is 2.64. The van der Waals surface area contributed by atoms with Crippen molar-refractivity contribution in [3.8, 4) is 11.6 Å². The van der Waals surface area contributed by atoms with E-state index in [9.17, 15) is 0 Å². The second-order valence-corrected chi connectivity index (χ2v) is 6.58. The highest BCUT2D eigenvalue weighted by atomic mass is 16.5. The predicted octanol–water partition coefficient (Wildman–Crippen LogP) is 4.61. The first-order valence-corrected chi connectivity index (χ1v) is 8.68. The van der Waals surface area contributed by atoms with Gasteiger partial charge in [-0.1, -0.05) is 56.3 Å². The fourth-order valence-corrected chi connectivity index (χ4v) is 2.72. The standard InChI is InChI=1S/C21H24N4O/c1-15(2)17-9-11-18(12-10-17)26-21-19(22)20(23-14-24-21)25(3)13-16-7-5-4-6-8-16/h4-12,14-15H,13,22H2,1-3H3. The molecular formula is C21H24N4O. The van der Waals surface area contributed by atoms with E-state index in [1.807, 2.05) is 42.3 Å². The number of rotatable bonds is 6. The summed E-state index contributed by atoms with van der Waals surface area (Å²) in [5.41, 5.74) is 9.14. The summed E-state index contributed by atoms with van der Waals surface area (Å²) < 4.78 is 5.88. The van der Waals surface area contributed by atoms with Gasteiger partial charge in [-0.3, -0.25) is 0 Å². The van der Waals surface area contributed by atoms with Crippen LogP contribution in [0.2, 0.25) is 0 Å². The third-order valence-corrected chi connectivity index (χ3v) is 4.21. The van der Waals surface area contributed by atoms with Gasteiger partial charge < -0.3 is 15.4 Å². The SMILES string of the molecule is CC(C)c1ccc(Oc2ncnc(N(C)Cc3ccccc3)c2N)cc1. The molecule has 26 heavy (non-hydrogen) atoms. The van der Waals surface area contributed by atoms with Gasteiger partial charge in [0.25, 0.3) is 0 Å². The van der Waals surface area contributed by atoms with Crippen LogP contribution < -0.4 is 15.4 Å². The van der Waals surface area contributed by atoms with Crippen LogP contribution in [0.15, 0.2) is 60.9 Å². The van der Waals surface area contributed by atoms with E-state index in [0.717, 1.165) is 0 Å². The summed E-state index contributed by atoms with van der Waals surface area (Å²) in [7, 11) is 1.95. The van der Waals surface area contributed by atoms with Crippen molar-refractivity contribution in [3.05, 3.63) is 72.1 Å². The number of aromatic nitrogens is 2. The maximum atomic E-state index is 6.27. The number of nitrogens with two attached hydrogens (primary N) is 1. The number of anilines is 2. The molecule has 1 aromatic heterocycles. The second kappa shape index (κ2) is 7.87. The van der Waals surface area contributed by atoms with Gasteiger partial charge >= 0.3 is 0 Å². The quantitative estimate of drug-likeness (QED) is 0.705. The van der Waals surface area contributed by atoms with Crippen LogP contribution in [0.3, 0.4) is 0 Å². The lowest BCUT2D eigenvalue weighted by Crippen LogP contribution is -2.19. The van der Waals surface area contributed by atoms with Gasteiger partial charge in [0.1, 0.15) is 17.8 Å². The molecule has 5 nitrogen and oxygen atoms in total. The average molecular weight is 348 g/mol. The Morgan fingerprint density at radius 3 is 2.35 bits per heavy atom. The van der Waals surface area contributed by atoms with E-state index in [-0.39, 0.29) is 0 Å². The van der Waals surface area contributed by atoms with E-state index in [1.165, 1.54) is 17.5 Å². The van der Waals surface area contributed by atoms with E-state index < -0.39 is 0 Å². The van der Waals surface area contributed by atoms with Crippen LogP contribution in [-0.4, -0.2) is 17.0 Å². The minimum Gasteiger partial charge on any atom is -0.437 e. The van der Waals surface area contributed by atoms with Crippen LogP contribution in [0.4, 0.5) is 11.5 Å². The molecule has 2 aromatic carbocycles. The molecule has 3 rings (SSSR count). The van der Waals surface area contributed by atoms with E-state index in [0.29, 0.717) is 35.6 Å². The summed E-state index contributed by atoms with van der Waals surface area (Å²) in [5.74, 6) is 2.20. The Balaban J connectivity index is 1.78. The van der Waals surface area contributed by atoms with E-state index >= 15 is 0 Å². The van der Waals surface area contributed by atoms with E-state index in [4.69, 9.17) is 10.5 Å². The number of hydrogen-bond acceptors (Lipinski definition) is 5. The van der Waals surface area contributed by atoms with Gasteiger partial charge in [0, 0.05) is 13.6 Å². The summed E-state index contributed by atoms with van der Waals surface area (Å²) in [5, 5.41) is 0. The van der Waals surface area contributed by atoms with Gasteiger partial charge in [0.15, 0.2) is 5.82 Å². The lowest BCUT2D eigenvalue weighted by atomic mass is 10.0. The van der Waals surface area contributed by atoms with Gasteiger partial charge in [-0.15, -0.1) is 0 Å². The Kier molecular flexibility index (Phi) is 5.37. The summed E-state index contributed by atoms with van der Waals surface area (Å²) in [6.45, 7) is 5.02. The Bertz CT molecular complexity index is 848. The molecule has 0 spiro atoms. The molecule has 5 heteroatoms. The van der Waals surface area contributed by atoms with Gasteiger partial charge in [0.2, 0.25) is 5.88 Å². The molecule has 134 valence electrons. The smallest absolute Gasteiger partial charge is 0.248 e. The molecule has 0 amide bonds. The van der Waals surface area contributed by atoms with Gasteiger partial charge in [-0.2, -0.15) is 4.98 Å². The third kappa shape index (κ3) is 4.11. The number of benzene rings is 2. The van der Waals surface area contributed by atoms with Crippen molar-refractivity contribution in [2.75, 3.05) is 17.7 Å². The highest BCUT2D eigenvalue weighted by Crippen LogP contribution is 2.32. The van der Waals surface area contributed by atoms with Gasteiger partial charge in [-0.05, 0) is 29.2 Å². The molecule has 0 unspecified atom stereocenters. The molecule has 1 heterocycles. The maximum absolute atomic E-state index is 6.27. The van der Waals surface area contributed by atoms with Crippen LogP contribution in [0.5, 0.6) is 11.6 Å². The monoisotopic (exact) mass is 348 g/mol. The molecule has 3 aromatic rings. The Morgan fingerprint density at radius 2 is 1.69 bits per heavy atom. The van der Waals surface area contributed by atoms with Crippen LogP contribution in [0.1, 0.15) is 30.9 Å². The van der Waals surface area contributed by atoms with Gasteiger partial charge in [0.05, 0.1) is 0 Å². The predicted molar refractivity (Wildman–Crippen MR) is 106 cm³/mol. The van der Waals surface area contributed by atoms with E-state index in [2.05, 4.69) is 48.1 Å². The molecule has 0 saturated heterocycles.